The van der Waals surface area contributed by atoms with Gasteiger partial charge in [0.1, 0.15) is 23.9 Å². The van der Waals surface area contributed by atoms with Crippen molar-refractivity contribution in [2.24, 2.45) is 0 Å². The summed E-state index contributed by atoms with van der Waals surface area (Å²) in [6, 6.07) is 8.89. The van der Waals surface area contributed by atoms with Crippen molar-refractivity contribution in [3.05, 3.63) is 52.7 Å². The van der Waals surface area contributed by atoms with E-state index in [2.05, 4.69) is 0 Å². The van der Waals surface area contributed by atoms with Gasteiger partial charge in [-0.15, -0.1) is 0 Å². The lowest BCUT2D eigenvalue weighted by atomic mass is 10.1. The number of halogens is 1. The molecule has 2 amide bonds. The van der Waals surface area contributed by atoms with E-state index in [4.69, 9.17) is 18.9 Å². The summed E-state index contributed by atoms with van der Waals surface area (Å²) >= 11 is 0.843. The van der Waals surface area contributed by atoms with Crippen LogP contribution in [0, 0.1) is 5.82 Å². The zero-order valence-corrected chi connectivity index (χ0v) is 16.2. The number of nitrogens with zero attached hydrogens (tertiary/aromatic N) is 1. The molecule has 2 heterocycles. The number of ether oxygens (including phenoxy) is 4. The molecule has 2 aromatic rings. The van der Waals surface area contributed by atoms with Crippen LogP contribution >= 0.6 is 11.8 Å². The van der Waals surface area contributed by atoms with Gasteiger partial charge in [0.25, 0.3) is 11.1 Å². The van der Waals surface area contributed by atoms with Gasteiger partial charge >= 0.3 is 0 Å². The third kappa shape index (κ3) is 4.00. The Labute approximate surface area is 170 Å². The van der Waals surface area contributed by atoms with Gasteiger partial charge in [0.2, 0.25) is 6.79 Å². The first-order chi connectivity index (χ1) is 14.0. The highest BCUT2D eigenvalue weighted by molar-refractivity contribution is 8.18. The molecule has 2 aliphatic rings. The smallest absolute Gasteiger partial charge is 0.293 e. The van der Waals surface area contributed by atoms with E-state index in [1.54, 1.807) is 18.2 Å². The molecular formula is C20H16FNO6S. The summed E-state index contributed by atoms with van der Waals surface area (Å²) in [6.45, 7) is 0.300. The summed E-state index contributed by atoms with van der Waals surface area (Å²) in [6.07, 6.45) is 1.59. The molecule has 0 spiro atoms. The Morgan fingerprint density at radius 1 is 1.17 bits per heavy atom. The van der Waals surface area contributed by atoms with Crippen LogP contribution in [0.2, 0.25) is 0 Å². The number of amides is 2. The fourth-order valence-electron chi connectivity index (χ4n) is 2.85. The Kier molecular flexibility index (Phi) is 5.30. The van der Waals surface area contributed by atoms with Gasteiger partial charge in [-0.25, -0.2) is 4.39 Å². The first-order valence-electron chi connectivity index (χ1n) is 8.66. The SMILES string of the molecule is COc1cc2c(cc1/C=C1\SC(=O)N(CCOc3ccc(F)cc3)C1=O)OCO2. The lowest BCUT2D eigenvalue weighted by Gasteiger charge is -2.13. The van der Waals surface area contributed by atoms with E-state index in [-0.39, 0.29) is 35.9 Å². The van der Waals surface area contributed by atoms with Gasteiger partial charge < -0.3 is 18.9 Å². The van der Waals surface area contributed by atoms with Gasteiger partial charge in [0.05, 0.1) is 18.6 Å². The number of thioether (sulfide) groups is 1. The quantitative estimate of drug-likeness (QED) is 0.664. The van der Waals surface area contributed by atoms with Crippen molar-refractivity contribution in [3.8, 4) is 23.0 Å². The molecule has 29 heavy (non-hydrogen) atoms. The molecule has 0 unspecified atom stereocenters. The second kappa shape index (κ2) is 8.04. The summed E-state index contributed by atoms with van der Waals surface area (Å²) in [5.74, 6) is 1.28. The van der Waals surface area contributed by atoms with Gasteiger partial charge in [-0.05, 0) is 48.2 Å². The molecular weight excluding hydrogens is 401 g/mol. The molecule has 0 bridgehead atoms. The molecule has 0 aromatic heterocycles. The third-order valence-electron chi connectivity index (χ3n) is 4.28. The van der Waals surface area contributed by atoms with E-state index in [1.165, 1.54) is 31.4 Å². The van der Waals surface area contributed by atoms with Crippen LogP contribution in [-0.4, -0.2) is 43.1 Å². The van der Waals surface area contributed by atoms with Crippen molar-refractivity contribution >= 4 is 29.0 Å². The average Bonchev–Trinajstić information content (AvgIpc) is 3.27. The number of carbonyl (C=O) groups is 2. The number of imide groups is 1. The summed E-state index contributed by atoms with van der Waals surface area (Å²) in [5.41, 5.74) is 0.602. The minimum atomic E-state index is -0.414. The predicted octanol–water partition coefficient (Wildman–Crippen LogP) is 3.68. The first-order valence-corrected chi connectivity index (χ1v) is 9.48. The zero-order chi connectivity index (χ0) is 20.4. The molecule has 0 aliphatic carbocycles. The van der Waals surface area contributed by atoms with Crippen LogP contribution in [-0.2, 0) is 4.79 Å². The molecule has 7 nitrogen and oxygen atoms in total. The maximum Gasteiger partial charge on any atom is 0.293 e. The van der Waals surface area contributed by atoms with E-state index < -0.39 is 5.91 Å². The minimum absolute atomic E-state index is 0.0810. The summed E-state index contributed by atoms with van der Waals surface area (Å²) < 4.78 is 34.4. The summed E-state index contributed by atoms with van der Waals surface area (Å²) in [4.78, 5) is 26.3. The van der Waals surface area contributed by atoms with Crippen LogP contribution in [0.25, 0.3) is 6.08 Å². The van der Waals surface area contributed by atoms with Crippen LogP contribution in [0.15, 0.2) is 41.3 Å². The van der Waals surface area contributed by atoms with E-state index in [1.807, 2.05) is 0 Å². The Morgan fingerprint density at radius 2 is 1.90 bits per heavy atom. The zero-order valence-electron chi connectivity index (χ0n) is 15.3. The van der Waals surface area contributed by atoms with Gasteiger partial charge in [0.15, 0.2) is 11.5 Å². The van der Waals surface area contributed by atoms with Gasteiger partial charge in [-0.2, -0.15) is 0 Å². The standard InChI is InChI=1S/C20H16FNO6S/c1-25-15-10-17-16(27-11-28-17)8-12(15)9-18-19(23)22(20(24)29-18)6-7-26-14-4-2-13(21)3-5-14/h2-5,8-10H,6-7,11H2,1H3/b18-9-. The average molecular weight is 417 g/mol. The number of carbonyl (C=O) groups excluding carboxylic acids is 2. The van der Waals surface area contributed by atoms with Crippen molar-refractivity contribution in [3.63, 3.8) is 0 Å². The summed E-state index contributed by atoms with van der Waals surface area (Å²) in [7, 11) is 1.51. The highest BCUT2D eigenvalue weighted by Crippen LogP contribution is 2.40. The maximum absolute atomic E-state index is 12.9. The van der Waals surface area contributed by atoms with Gasteiger partial charge in [0, 0.05) is 11.6 Å². The molecule has 0 radical (unpaired) electrons. The Balaban J connectivity index is 1.46. The number of hydrogen-bond acceptors (Lipinski definition) is 7. The maximum atomic E-state index is 12.9. The van der Waals surface area contributed by atoms with Crippen molar-refractivity contribution < 1.29 is 32.9 Å². The molecule has 0 N–H and O–H groups in total. The normalized spacial score (nSPS) is 16.6. The molecule has 150 valence electrons. The van der Waals surface area contributed by atoms with Crippen molar-refractivity contribution in [1.29, 1.82) is 0 Å². The molecule has 0 saturated carbocycles. The Morgan fingerprint density at radius 3 is 2.62 bits per heavy atom. The minimum Gasteiger partial charge on any atom is -0.496 e. The third-order valence-corrected chi connectivity index (χ3v) is 5.19. The number of fused-ring (bicyclic) bond motifs is 1. The monoisotopic (exact) mass is 417 g/mol. The molecule has 2 aromatic carbocycles. The van der Waals surface area contributed by atoms with E-state index in [0.29, 0.717) is 28.6 Å². The Hall–Kier alpha value is -3.20. The molecule has 1 fully saturated rings. The summed E-state index contributed by atoms with van der Waals surface area (Å²) in [5, 5.41) is -0.385. The van der Waals surface area contributed by atoms with Crippen molar-refractivity contribution in [1.82, 2.24) is 4.90 Å². The largest absolute Gasteiger partial charge is 0.496 e. The second-order valence-electron chi connectivity index (χ2n) is 6.08. The topological polar surface area (TPSA) is 74.3 Å². The van der Waals surface area contributed by atoms with E-state index in [0.717, 1.165) is 16.7 Å². The van der Waals surface area contributed by atoms with Crippen LogP contribution in [0.4, 0.5) is 9.18 Å². The number of rotatable bonds is 6. The van der Waals surface area contributed by atoms with Crippen LogP contribution in [0.5, 0.6) is 23.0 Å². The highest BCUT2D eigenvalue weighted by atomic mass is 32.2. The van der Waals surface area contributed by atoms with Crippen LogP contribution in [0.1, 0.15) is 5.56 Å². The number of methoxy groups -OCH3 is 1. The number of hydrogen-bond donors (Lipinski definition) is 0. The molecule has 4 rings (SSSR count). The van der Waals surface area contributed by atoms with Gasteiger partial charge in [-0.3, -0.25) is 14.5 Å². The van der Waals surface area contributed by atoms with Crippen LogP contribution < -0.4 is 18.9 Å². The second-order valence-corrected chi connectivity index (χ2v) is 7.08. The highest BCUT2D eigenvalue weighted by Gasteiger charge is 2.35. The number of benzene rings is 2. The Bertz CT molecular complexity index is 991. The fourth-order valence-corrected chi connectivity index (χ4v) is 3.70. The van der Waals surface area contributed by atoms with Crippen molar-refractivity contribution in [2.45, 2.75) is 0 Å². The first kappa shape index (κ1) is 19.1. The van der Waals surface area contributed by atoms with Gasteiger partial charge in [-0.1, -0.05) is 0 Å². The fraction of sp³-hybridized carbons (Fsp3) is 0.200. The molecule has 0 atom stereocenters. The lowest BCUT2D eigenvalue weighted by Crippen LogP contribution is -2.32. The predicted molar refractivity (Wildman–Crippen MR) is 104 cm³/mol. The lowest BCUT2D eigenvalue weighted by molar-refractivity contribution is -0.123. The molecule has 1 saturated heterocycles. The van der Waals surface area contributed by atoms with Crippen LogP contribution in [0.3, 0.4) is 0 Å². The van der Waals surface area contributed by atoms with E-state index in [9.17, 15) is 14.0 Å². The van der Waals surface area contributed by atoms with E-state index >= 15 is 0 Å². The molecule has 2 aliphatic heterocycles. The molecule has 9 heteroatoms. The van der Waals surface area contributed by atoms with Crippen molar-refractivity contribution in [2.75, 3.05) is 27.1 Å².